The number of fused-ring (bicyclic) bond motifs is 1. The van der Waals surface area contributed by atoms with Crippen LogP contribution in [0.25, 0.3) is 10.8 Å². The minimum absolute atomic E-state index is 0.0706. The molecule has 0 aromatic heterocycles. The predicted molar refractivity (Wildman–Crippen MR) is 95.7 cm³/mol. The molecule has 122 valence electrons. The van der Waals surface area contributed by atoms with E-state index in [4.69, 9.17) is 9.47 Å². The van der Waals surface area contributed by atoms with Crippen molar-refractivity contribution in [2.24, 2.45) is 0 Å². The number of hydrogen-bond acceptors (Lipinski definition) is 3. The lowest BCUT2D eigenvalue weighted by Gasteiger charge is -2.08. The quantitative estimate of drug-likeness (QED) is 0.738. The standard InChI is InChI=1S/C20H19NO3/c1-23-18-8-10-19(11-9-18)24-13-12-20(22)21-17-7-6-15-4-2-3-5-16(15)14-17/h2-11,14H,12-13H2,1H3,(H,21,22). The number of carbonyl (C=O) groups is 1. The van der Waals surface area contributed by atoms with Crippen molar-refractivity contribution in [3.63, 3.8) is 0 Å². The molecule has 0 aliphatic heterocycles. The SMILES string of the molecule is COc1ccc(OCCC(=O)Nc2ccc3ccccc3c2)cc1. The third-order valence-electron chi connectivity index (χ3n) is 3.69. The molecule has 0 saturated carbocycles. The van der Waals surface area contributed by atoms with Crippen LogP contribution in [0.5, 0.6) is 11.5 Å². The molecular weight excluding hydrogens is 302 g/mol. The van der Waals surface area contributed by atoms with Gasteiger partial charge in [0.15, 0.2) is 0 Å². The number of hydrogen-bond donors (Lipinski definition) is 1. The molecule has 3 rings (SSSR count). The number of ether oxygens (including phenoxy) is 2. The Balaban J connectivity index is 1.51. The fourth-order valence-electron chi connectivity index (χ4n) is 2.42. The first-order chi connectivity index (χ1) is 11.7. The average molecular weight is 321 g/mol. The molecule has 0 saturated heterocycles. The highest BCUT2D eigenvalue weighted by atomic mass is 16.5. The Morgan fingerprint density at radius 3 is 2.38 bits per heavy atom. The van der Waals surface area contributed by atoms with E-state index in [-0.39, 0.29) is 5.91 Å². The van der Waals surface area contributed by atoms with E-state index >= 15 is 0 Å². The molecular formula is C20H19NO3. The first-order valence-electron chi connectivity index (χ1n) is 7.80. The van der Waals surface area contributed by atoms with E-state index in [2.05, 4.69) is 5.32 Å². The summed E-state index contributed by atoms with van der Waals surface area (Å²) in [6.07, 6.45) is 0.291. The molecule has 1 N–H and O–H groups in total. The second-order valence-electron chi connectivity index (χ2n) is 5.38. The van der Waals surface area contributed by atoms with Crippen LogP contribution in [0, 0.1) is 0 Å². The summed E-state index contributed by atoms with van der Waals surface area (Å²) in [6.45, 7) is 0.325. The smallest absolute Gasteiger partial charge is 0.227 e. The summed E-state index contributed by atoms with van der Waals surface area (Å²) in [5.41, 5.74) is 0.795. The maximum absolute atomic E-state index is 12.0. The van der Waals surface area contributed by atoms with E-state index in [0.29, 0.717) is 18.8 Å². The normalized spacial score (nSPS) is 10.4. The van der Waals surface area contributed by atoms with E-state index < -0.39 is 0 Å². The van der Waals surface area contributed by atoms with Crippen LogP contribution in [0.15, 0.2) is 66.7 Å². The van der Waals surface area contributed by atoms with Gasteiger partial charge in [0.25, 0.3) is 0 Å². The first kappa shape index (κ1) is 15.9. The molecule has 0 aliphatic carbocycles. The van der Waals surface area contributed by atoms with Gasteiger partial charge in [-0.05, 0) is 47.2 Å². The Hall–Kier alpha value is -3.01. The highest BCUT2D eigenvalue weighted by molar-refractivity contribution is 5.94. The van der Waals surface area contributed by atoms with Crippen LogP contribution in [0.4, 0.5) is 5.69 Å². The minimum atomic E-state index is -0.0706. The lowest BCUT2D eigenvalue weighted by Crippen LogP contribution is -2.15. The number of methoxy groups -OCH3 is 1. The summed E-state index contributed by atoms with van der Waals surface area (Å²) in [5, 5.41) is 5.15. The van der Waals surface area contributed by atoms with Crippen molar-refractivity contribution >= 4 is 22.4 Å². The van der Waals surface area contributed by atoms with Gasteiger partial charge in [-0.3, -0.25) is 4.79 Å². The van der Waals surface area contributed by atoms with Crippen LogP contribution in [0.1, 0.15) is 6.42 Å². The van der Waals surface area contributed by atoms with E-state index in [1.807, 2.05) is 66.7 Å². The van der Waals surface area contributed by atoms with Crippen LogP contribution in [-0.4, -0.2) is 19.6 Å². The third-order valence-corrected chi connectivity index (χ3v) is 3.69. The summed E-state index contributed by atoms with van der Waals surface area (Å²) < 4.78 is 10.7. The van der Waals surface area contributed by atoms with Crippen LogP contribution in [0.2, 0.25) is 0 Å². The van der Waals surface area contributed by atoms with Gasteiger partial charge >= 0.3 is 0 Å². The van der Waals surface area contributed by atoms with Gasteiger partial charge in [0.1, 0.15) is 11.5 Å². The number of anilines is 1. The second-order valence-corrected chi connectivity index (χ2v) is 5.38. The topological polar surface area (TPSA) is 47.6 Å². The molecule has 0 spiro atoms. The third kappa shape index (κ3) is 4.04. The van der Waals surface area contributed by atoms with Crippen molar-refractivity contribution in [2.45, 2.75) is 6.42 Å². The Kier molecular flexibility index (Phi) is 4.96. The van der Waals surface area contributed by atoms with Crippen molar-refractivity contribution in [1.29, 1.82) is 0 Å². The maximum atomic E-state index is 12.0. The highest BCUT2D eigenvalue weighted by Gasteiger charge is 2.04. The fraction of sp³-hybridized carbons (Fsp3) is 0.150. The molecule has 1 amide bonds. The summed E-state index contributed by atoms with van der Waals surface area (Å²) in [6, 6.07) is 21.2. The molecule has 0 bridgehead atoms. The fourth-order valence-corrected chi connectivity index (χ4v) is 2.42. The predicted octanol–water partition coefficient (Wildman–Crippen LogP) is 4.26. The molecule has 0 atom stereocenters. The summed E-state index contributed by atoms with van der Waals surface area (Å²) in [4.78, 5) is 12.0. The van der Waals surface area contributed by atoms with Crippen LogP contribution >= 0.6 is 0 Å². The Labute approximate surface area is 141 Å². The molecule has 24 heavy (non-hydrogen) atoms. The molecule has 4 heteroatoms. The minimum Gasteiger partial charge on any atom is -0.497 e. The number of amides is 1. The highest BCUT2D eigenvalue weighted by Crippen LogP contribution is 2.19. The number of rotatable bonds is 6. The Morgan fingerprint density at radius 2 is 1.62 bits per heavy atom. The van der Waals surface area contributed by atoms with E-state index in [0.717, 1.165) is 22.2 Å². The number of carbonyl (C=O) groups excluding carboxylic acids is 1. The van der Waals surface area contributed by atoms with Gasteiger partial charge in [0.05, 0.1) is 20.1 Å². The van der Waals surface area contributed by atoms with Gasteiger partial charge in [-0.1, -0.05) is 30.3 Å². The zero-order valence-corrected chi connectivity index (χ0v) is 13.5. The molecule has 3 aromatic rings. The maximum Gasteiger partial charge on any atom is 0.227 e. The monoisotopic (exact) mass is 321 g/mol. The molecule has 0 heterocycles. The van der Waals surface area contributed by atoms with Crippen molar-refractivity contribution in [3.8, 4) is 11.5 Å². The van der Waals surface area contributed by atoms with Gasteiger partial charge in [0.2, 0.25) is 5.91 Å². The number of benzene rings is 3. The van der Waals surface area contributed by atoms with E-state index in [1.165, 1.54) is 0 Å². The Morgan fingerprint density at radius 1 is 0.917 bits per heavy atom. The number of nitrogens with one attached hydrogen (secondary N) is 1. The van der Waals surface area contributed by atoms with Gasteiger partial charge in [-0.15, -0.1) is 0 Å². The van der Waals surface area contributed by atoms with E-state index in [1.54, 1.807) is 7.11 Å². The van der Waals surface area contributed by atoms with Crippen molar-refractivity contribution < 1.29 is 14.3 Å². The van der Waals surface area contributed by atoms with Crippen LogP contribution in [-0.2, 0) is 4.79 Å². The molecule has 0 radical (unpaired) electrons. The summed E-state index contributed by atoms with van der Waals surface area (Å²) >= 11 is 0. The zero-order valence-electron chi connectivity index (χ0n) is 13.5. The second kappa shape index (κ2) is 7.51. The van der Waals surface area contributed by atoms with E-state index in [9.17, 15) is 4.79 Å². The summed E-state index contributed by atoms with van der Waals surface area (Å²) in [5.74, 6) is 1.42. The van der Waals surface area contributed by atoms with Gasteiger partial charge in [-0.2, -0.15) is 0 Å². The summed E-state index contributed by atoms with van der Waals surface area (Å²) in [7, 11) is 1.62. The van der Waals surface area contributed by atoms with Crippen molar-refractivity contribution in [1.82, 2.24) is 0 Å². The van der Waals surface area contributed by atoms with Gasteiger partial charge < -0.3 is 14.8 Å². The van der Waals surface area contributed by atoms with Crippen molar-refractivity contribution in [3.05, 3.63) is 66.7 Å². The lowest BCUT2D eigenvalue weighted by atomic mass is 10.1. The molecule has 0 fully saturated rings. The molecule has 0 aliphatic rings. The lowest BCUT2D eigenvalue weighted by molar-refractivity contribution is -0.116. The average Bonchev–Trinajstić information content (AvgIpc) is 2.62. The first-order valence-corrected chi connectivity index (χ1v) is 7.80. The van der Waals surface area contributed by atoms with Crippen LogP contribution in [0.3, 0.4) is 0 Å². The molecule has 4 nitrogen and oxygen atoms in total. The van der Waals surface area contributed by atoms with Gasteiger partial charge in [-0.25, -0.2) is 0 Å². The Bertz CT molecular complexity index is 828. The largest absolute Gasteiger partial charge is 0.497 e. The van der Waals surface area contributed by atoms with Crippen molar-refractivity contribution in [2.75, 3.05) is 19.0 Å². The molecule has 3 aromatic carbocycles. The zero-order chi connectivity index (χ0) is 16.8. The van der Waals surface area contributed by atoms with Gasteiger partial charge in [0, 0.05) is 5.69 Å². The molecule has 0 unspecified atom stereocenters. The van der Waals surface area contributed by atoms with Crippen LogP contribution < -0.4 is 14.8 Å².